The van der Waals surface area contributed by atoms with Gasteiger partial charge in [0.25, 0.3) is 5.91 Å². The van der Waals surface area contributed by atoms with E-state index >= 15 is 0 Å². The van der Waals surface area contributed by atoms with Crippen molar-refractivity contribution >= 4 is 28.7 Å². The van der Waals surface area contributed by atoms with E-state index in [0.29, 0.717) is 12.1 Å². The molecule has 0 atom stereocenters. The monoisotopic (exact) mass is 561 g/mol. The van der Waals surface area contributed by atoms with Gasteiger partial charge in [0.05, 0.1) is 0 Å². The van der Waals surface area contributed by atoms with E-state index < -0.39 is 11.6 Å². The molecule has 42 heavy (non-hydrogen) atoms. The maximum Gasteiger partial charge on any atom is 0.303 e. The predicted molar refractivity (Wildman–Crippen MR) is 169 cm³/mol. The molecule has 0 radical (unpaired) electrons. The molecular formula is C37H39NO4. The molecule has 4 aromatic carbocycles. The summed E-state index contributed by atoms with van der Waals surface area (Å²) in [6.07, 6.45) is 12.8. The van der Waals surface area contributed by atoms with Gasteiger partial charge in [0.2, 0.25) is 0 Å². The first-order valence-corrected chi connectivity index (χ1v) is 15.1. The maximum atomic E-state index is 13.2. The Labute approximate surface area is 248 Å². The Bertz CT molecular complexity index is 1490. The highest BCUT2D eigenvalue weighted by molar-refractivity contribution is 6.09. The van der Waals surface area contributed by atoms with Gasteiger partial charge in [-0.05, 0) is 54.0 Å². The molecular weight excluding hydrogens is 522 g/mol. The number of unbranched alkanes of at least 4 members (excludes halogenated alkanes) is 7. The quantitative estimate of drug-likeness (QED) is 0.151. The number of fused-ring (bicyclic) bond motifs is 3. The van der Waals surface area contributed by atoms with Crippen LogP contribution < -0.4 is 10.1 Å². The van der Waals surface area contributed by atoms with Crippen molar-refractivity contribution in [3.63, 3.8) is 0 Å². The minimum atomic E-state index is -0.738. The van der Waals surface area contributed by atoms with E-state index in [2.05, 4.69) is 47.8 Å². The number of carboxylic acid groups (broad SMARTS) is 1. The fourth-order valence-electron chi connectivity index (χ4n) is 5.84. The molecule has 0 fully saturated rings. The molecule has 0 bridgehead atoms. The molecule has 0 saturated carbocycles. The van der Waals surface area contributed by atoms with E-state index in [-0.39, 0.29) is 12.3 Å². The molecule has 2 N–H and O–H groups in total. The molecule has 1 heterocycles. The number of hydrogen-bond acceptors (Lipinski definition) is 3. The number of rotatable bonds is 14. The van der Waals surface area contributed by atoms with E-state index in [1.807, 2.05) is 60.7 Å². The number of carbonyl (C=O) groups is 2. The fourth-order valence-corrected chi connectivity index (χ4v) is 5.84. The van der Waals surface area contributed by atoms with Gasteiger partial charge in [-0.25, -0.2) is 0 Å². The number of amides is 1. The van der Waals surface area contributed by atoms with E-state index in [1.165, 1.54) is 0 Å². The van der Waals surface area contributed by atoms with Crippen LogP contribution in [0.2, 0.25) is 0 Å². The standard InChI is InChI=1S/C37H39NO4/c39-35(40)22-13-5-3-1-2-4-6-14-27-38-36(41)33-21-15-20-30-31(33)23-24-34-32(30)25-26-37(42-34,28-16-9-7-10-17-28)29-18-11-8-12-19-29/h7-12,15-21,23-26H,1-6,13-14,22,27H2,(H,38,41)(H,39,40). The summed E-state index contributed by atoms with van der Waals surface area (Å²) >= 11 is 0. The SMILES string of the molecule is O=C(O)CCCCCCCCCCNC(=O)c1cccc2c3c(ccc12)OC(c1ccccc1)(c1ccccc1)C=C3. The summed E-state index contributed by atoms with van der Waals surface area (Å²) in [6, 6.07) is 30.4. The van der Waals surface area contributed by atoms with Crippen LogP contribution in [0.5, 0.6) is 5.75 Å². The van der Waals surface area contributed by atoms with Crippen molar-refractivity contribution < 1.29 is 19.4 Å². The summed E-state index contributed by atoms with van der Waals surface area (Å²) in [5.74, 6) is 0.0271. The van der Waals surface area contributed by atoms with E-state index in [9.17, 15) is 9.59 Å². The summed E-state index contributed by atoms with van der Waals surface area (Å²) in [7, 11) is 0. The number of carbonyl (C=O) groups excluding carboxylic acids is 1. The Balaban J connectivity index is 1.22. The van der Waals surface area contributed by atoms with Gasteiger partial charge >= 0.3 is 5.97 Å². The first-order valence-electron chi connectivity index (χ1n) is 15.1. The summed E-state index contributed by atoms with van der Waals surface area (Å²) < 4.78 is 6.84. The van der Waals surface area contributed by atoms with Crippen LogP contribution in [-0.2, 0) is 10.4 Å². The molecule has 0 spiro atoms. The van der Waals surface area contributed by atoms with Gasteiger partial charge in [-0.2, -0.15) is 0 Å². The average Bonchev–Trinajstić information content (AvgIpc) is 3.03. The average molecular weight is 562 g/mol. The van der Waals surface area contributed by atoms with Gasteiger partial charge < -0.3 is 15.2 Å². The van der Waals surface area contributed by atoms with Crippen LogP contribution in [0.25, 0.3) is 16.8 Å². The topological polar surface area (TPSA) is 75.6 Å². The molecule has 0 unspecified atom stereocenters. The highest BCUT2D eigenvalue weighted by Crippen LogP contribution is 2.44. The highest BCUT2D eigenvalue weighted by atomic mass is 16.5. The minimum Gasteiger partial charge on any atom is -0.481 e. The van der Waals surface area contributed by atoms with Crippen molar-refractivity contribution in [3.8, 4) is 5.75 Å². The maximum absolute atomic E-state index is 13.2. The Morgan fingerprint density at radius 1 is 0.667 bits per heavy atom. The number of benzene rings is 4. The van der Waals surface area contributed by atoms with Crippen LogP contribution in [-0.4, -0.2) is 23.5 Å². The van der Waals surface area contributed by atoms with Crippen LogP contribution in [0, 0.1) is 0 Å². The molecule has 0 aromatic heterocycles. The first kappa shape index (κ1) is 29.1. The third-order valence-electron chi connectivity index (χ3n) is 8.07. The van der Waals surface area contributed by atoms with Gasteiger partial charge in [-0.3, -0.25) is 9.59 Å². The number of ether oxygens (including phenoxy) is 1. The lowest BCUT2D eigenvalue weighted by molar-refractivity contribution is -0.137. The molecule has 1 amide bonds. The lowest BCUT2D eigenvalue weighted by Crippen LogP contribution is -2.34. The number of hydrogen-bond donors (Lipinski definition) is 2. The Kier molecular flexibility index (Phi) is 9.70. The van der Waals surface area contributed by atoms with Crippen molar-refractivity contribution in [2.24, 2.45) is 0 Å². The number of aliphatic carboxylic acids is 1. The van der Waals surface area contributed by atoms with Gasteiger partial charge in [0.1, 0.15) is 5.75 Å². The van der Waals surface area contributed by atoms with Gasteiger partial charge in [-0.1, -0.05) is 111 Å². The molecule has 5 heteroatoms. The van der Waals surface area contributed by atoms with E-state index in [4.69, 9.17) is 9.84 Å². The van der Waals surface area contributed by atoms with Crippen molar-refractivity contribution in [3.05, 3.63) is 119 Å². The van der Waals surface area contributed by atoms with Crippen molar-refractivity contribution in [1.82, 2.24) is 5.32 Å². The first-order chi connectivity index (χ1) is 20.6. The van der Waals surface area contributed by atoms with Gasteiger partial charge in [-0.15, -0.1) is 0 Å². The fraction of sp³-hybridized carbons (Fsp3) is 0.297. The zero-order valence-electron chi connectivity index (χ0n) is 24.1. The molecule has 4 aromatic rings. The second kappa shape index (κ2) is 14.0. The van der Waals surface area contributed by atoms with E-state index in [0.717, 1.165) is 84.6 Å². The third kappa shape index (κ3) is 6.73. The summed E-state index contributed by atoms with van der Waals surface area (Å²) in [6.45, 7) is 0.651. The molecule has 0 saturated heterocycles. The smallest absolute Gasteiger partial charge is 0.303 e. The highest BCUT2D eigenvalue weighted by Gasteiger charge is 2.37. The summed E-state index contributed by atoms with van der Waals surface area (Å²) in [4.78, 5) is 23.7. The molecule has 5 nitrogen and oxygen atoms in total. The lowest BCUT2D eigenvalue weighted by atomic mass is 9.83. The predicted octanol–water partition coefficient (Wildman–Crippen LogP) is 8.51. The zero-order valence-corrected chi connectivity index (χ0v) is 24.1. The number of nitrogens with one attached hydrogen (secondary N) is 1. The van der Waals surface area contributed by atoms with E-state index in [1.54, 1.807) is 0 Å². The molecule has 216 valence electrons. The Morgan fingerprint density at radius 3 is 1.93 bits per heavy atom. The van der Waals surface area contributed by atoms with Crippen LogP contribution in [0.15, 0.2) is 97.1 Å². The third-order valence-corrected chi connectivity index (χ3v) is 8.07. The van der Waals surface area contributed by atoms with Crippen LogP contribution in [0.3, 0.4) is 0 Å². The van der Waals surface area contributed by atoms with Crippen molar-refractivity contribution in [2.75, 3.05) is 6.54 Å². The van der Waals surface area contributed by atoms with Crippen molar-refractivity contribution in [1.29, 1.82) is 0 Å². The Hall–Kier alpha value is -4.38. The summed E-state index contributed by atoms with van der Waals surface area (Å²) in [5.41, 5.74) is 3.03. The van der Waals surface area contributed by atoms with Crippen molar-refractivity contribution in [2.45, 2.75) is 63.4 Å². The minimum absolute atomic E-state index is 0.0531. The zero-order chi connectivity index (χ0) is 29.2. The van der Waals surface area contributed by atoms with Crippen LogP contribution in [0.1, 0.15) is 84.8 Å². The second-order valence-corrected chi connectivity index (χ2v) is 11.0. The van der Waals surface area contributed by atoms with Crippen LogP contribution in [0.4, 0.5) is 0 Å². The van der Waals surface area contributed by atoms with Gasteiger partial charge in [0, 0.05) is 35.2 Å². The Morgan fingerprint density at radius 2 is 1.29 bits per heavy atom. The molecule has 1 aliphatic heterocycles. The largest absolute Gasteiger partial charge is 0.481 e. The van der Waals surface area contributed by atoms with Gasteiger partial charge in [0.15, 0.2) is 5.60 Å². The second-order valence-electron chi connectivity index (χ2n) is 11.0. The molecule has 5 rings (SSSR count). The lowest BCUT2D eigenvalue weighted by Gasteiger charge is -2.36. The molecule has 0 aliphatic carbocycles. The van der Waals surface area contributed by atoms with Crippen LogP contribution >= 0.6 is 0 Å². The summed E-state index contributed by atoms with van der Waals surface area (Å²) in [5, 5.41) is 13.7. The normalized spacial score (nSPS) is 13.3. The molecule has 1 aliphatic rings. The number of carboxylic acids is 1.